The zero-order chi connectivity index (χ0) is 11.5. The molecule has 0 radical (unpaired) electrons. The predicted octanol–water partition coefficient (Wildman–Crippen LogP) is 1.77. The number of nitrogens with zero attached hydrogens (tertiary/aromatic N) is 4. The van der Waals surface area contributed by atoms with Crippen molar-refractivity contribution in [3.63, 3.8) is 0 Å². The van der Waals surface area contributed by atoms with Crippen LogP contribution in [0.25, 0.3) is 0 Å². The summed E-state index contributed by atoms with van der Waals surface area (Å²) in [4.78, 5) is 13.3. The van der Waals surface area contributed by atoms with Gasteiger partial charge in [-0.3, -0.25) is 0 Å². The summed E-state index contributed by atoms with van der Waals surface area (Å²) in [5.41, 5.74) is 0. The van der Waals surface area contributed by atoms with Crippen molar-refractivity contribution in [2.75, 3.05) is 32.1 Å². The monoisotopic (exact) mass is 284 g/mol. The second kappa shape index (κ2) is 5.10. The van der Waals surface area contributed by atoms with Gasteiger partial charge in [0.2, 0.25) is 5.95 Å². The van der Waals surface area contributed by atoms with Gasteiger partial charge >= 0.3 is 0 Å². The van der Waals surface area contributed by atoms with Gasteiger partial charge in [-0.25, -0.2) is 9.97 Å². The molecule has 88 valence electrons. The molecular formula is C11H17BrN4. The molecule has 0 aliphatic carbocycles. The third-order valence-electron chi connectivity index (χ3n) is 2.82. The minimum atomic E-state index is 0.552. The molecule has 0 N–H and O–H groups in total. The molecule has 16 heavy (non-hydrogen) atoms. The van der Waals surface area contributed by atoms with Gasteiger partial charge < -0.3 is 9.80 Å². The second-order valence-corrected chi connectivity index (χ2v) is 5.37. The molecule has 0 saturated carbocycles. The molecule has 1 aliphatic rings. The molecule has 1 saturated heterocycles. The Kier molecular flexibility index (Phi) is 3.76. The van der Waals surface area contributed by atoms with Gasteiger partial charge in [0, 0.05) is 31.5 Å². The van der Waals surface area contributed by atoms with Crippen molar-refractivity contribution in [2.45, 2.75) is 18.9 Å². The van der Waals surface area contributed by atoms with Crippen molar-refractivity contribution in [1.29, 1.82) is 0 Å². The maximum atomic E-state index is 4.37. The lowest BCUT2D eigenvalue weighted by Crippen LogP contribution is -2.38. The zero-order valence-corrected chi connectivity index (χ0v) is 11.3. The Morgan fingerprint density at radius 1 is 1.44 bits per heavy atom. The third-order valence-corrected chi connectivity index (χ3v) is 3.23. The number of likely N-dealkylation sites (N-methyl/N-ethyl adjacent to an activating group) is 1. The van der Waals surface area contributed by atoms with E-state index in [1.807, 2.05) is 12.4 Å². The molecule has 0 amide bonds. The van der Waals surface area contributed by atoms with E-state index in [0.717, 1.165) is 23.5 Å². The maximum absolute atomic E-state index is 4.37. The zero-order valence-electron chi connectivity index (χ0n) is 9.73. The summed E-state index contributed by atoms with van der Waals surface area (Å²) in [6, 6.07) is 0.552. The molecule has 1 aromatic rings. The van der Waals surface area contributed by atoms with E-state index in [2.05, 4.69) is 49.8 Å². The Morgan fingerprint density at radius 2 is 2.12 bits per heavy atom. The number of rotatable bonds is 3. The molecule has 5 heteroatoms. The van der Waals surface area contributed by atoms with Gasteiger partial charge in [-0.05, 0) is 42.9 Å². The molecule has 1 aromatic heterocycles. The van der Waals surface area contributed by atoms with Crippen molar-refractivity contribution in [1.82, 2.24) is 14.9 Å². The predicted molar refractivity (Wildman–Crippen MR) is 68.7 cm³/mol. The SMILES string of the molecule is CN(C)CC1CCCN1c1ncc(Br)cn1. The summed E-state index contributed by atoms with van der Waals surface area (Å²) in [6.07, 6.45) is 6.09. The minimum Gasteiger partial charge on any atom is -0.337 e. The summed E-state index contributed by atoms with van der Waals surface area (Å²) in [5, 5.41) is 0. The highest BCUT2D eigenvalue weighted by molar-refractivity contribution is 9.10. The minimum absolute atomic E-state index is 0.552. The molecular weight excluding hydrogens is 268 g/mol. The number of halogens is 1. The molecule has 1 fully saturated rings. The highest BCUT2D eigenvalue weighted by atomic mass is 79.9. The van der Waals surface area contributed by atoms with E-state index < -0.39 is 0 Å². The van der Waals surface area contributed by atoms with Crippen LogP contribution in [0.1, 0.15) is 12.8 Å². The molecule has 0 aromatic carbocycles. The van der Waals surface area contributed by atoms with Gasteiger partial charge in [0.05, 0.1) is 4.47 Å². The van der Waals surface area contributed by atoms with E-state index in [0.29, 0.717) is 6.04 Å². The van der Waals surface area contributed by atoms with Crippen LogP contribution in [0.2, 0.25) is 0 Å². The first-order valence-electron chi connectivity index (χ1n) is 5.56. The standard InChI is InChI=1S/C11H17BrN4/c1-15(2)8-10-4-3-5-16(10)11-13-6-9(12)7-14-11/h6-7,10H,3-5,8H2,1-2H3. The molecule has 1 unspecified atom stereocenters. The second-order valence-electron chi connectivity index (χ2n) is 4.45. The number of hydrogen-bond donors (Lipinski definition) is 0. The lowest BCUT2D eigenvalue weighted by molar-refractivity contribution is 0.371. The summed E-state index contributed by atoms with van der Waals surface area (Å²) in [7, 11) is 4.22. The lowest BCUT2D eigenvalue weighted by Gasteiger charge is -2.26. The van der Waals surface area contributed by atoms with Crippen molar-refractivity contribution >= 4 is 21.9 Å². The summed E-state index contributed by atoms with van der Waals surface area (Å²) >= 11 is 3.36. The van der Waals surface area contributed by atoms with E-state index in [-0.39, 0.29) is 0 Å². The summed E-state index contributed by atoms with van der Waals surface area (Å²) in [5.74, 6) is 0.854. The van der Waals surface area contributed by atoms with Gasteiger partial charge in [-0.15, -0.1) is 0 Å². The lowest BCUT2D eigenvalue weighted by atomic mass is 10.2. The van der Waals surface area contributed by atoms with E-state index in [1.165, 1.54) is 12.8 Å². The average molecular weight is 285 g/mol. The normalized spacial score (nSPS) is 20.8. The van der Waals surface area contributed by atoms with Crippen molar-refractivity contribution in [3.8, 4) is 0 Å². The molecule has 2 rings (SSSR count). The molecule has 1 atom stereocenters. The van der Waals surface area contributed by atoms with E-state index >= 15 is 0 Å². The van der Waals surface area contributed by atoms with Crippen LogP contribution in [0.15, 0.2) is 16.9 Å². The van der Waals surface area contributed by atoms with Gasteiger partial charge in [-0.1, -0.05) is 0 Å². The summed E-state index contributed by atoms with van der Waals surface area (Å²) < 4.78 is 0.930. The largest absolute Gasteiger partial charge is 0.337 e. The Morgan fingerprint density at radius 3 is 2.75 bits per heavy atom. The van der Waals surface area contributed by atoms with Gasteiger partial charge in [0.15, 0.2) is 0 Å². The average Bonchev–Trinajstić information content (AvgIpc) is 2.66. The van der Waals surface area contributed by atoms with Crippen LogP contribution in [0.3, 0.4) is 0 Å². The third kappa shape index (κ3) is 2.71. The molecule has 4 nitrogen and oxygen atoms in total. The molecule has 0 bridgehead atoms. The smallest absolute Gasteiger partial charge is 0.225 e. The Labute approximate surface area is 105 Å². The van der Waals surface area contributed by atoms with E-state index in [4.69, 9.17) is 0 Å². The van der Waals surface area contributed by atoms with Crippen molar-refractivity contribution in [3.05, 3.63) is 16.9 Å². The van der Waals surface area contributed by atoms with E-state index in [9.17, 15) is 0 Å². The van der Waals surface area contributed by atoms with Crippen LogP contribution in [0.4, 0.5) is 5.95 Å². The molecule has 0 spiro atoms. The fourth-order valence-electron chi connectivity index (χ4n) is 2.16. The van der Waals surface area contributed by atoms with Gasteiger partial charge in [0.25, 0.3) is 0 Å². The Bertz CT molecular complexity index is 338. The van der Waals surface area contributed by atoms with Crippen molar-refractivity contribution in [2.24, 2.45) is 0 Å². The Hall–Kier alpha value is -0.680. The number of hydrogen-bond acceptors (Lipinski definition) is 4. The highest BCUT2D eigenvalue weighted by Gasteiger charge is 2.26. The van der Waals surface area contributed by atoms with Crippen LogP contribution >= 0.6 is 15.9 Å². The van der Waals surface area contributed by atoms with Crippen LogP contribution < -0.4 is 4.90 Å². The van der Waals surface area contributed by atoms with Crippen LogP contribution in [0.5, 0.6) is 0 Å². The number of aromatic nitrogens is 2. The van der Waals surface area contributed by atoms with E-state index in [1.54, 1.807) is 0 Å². The van der Waals surface area contributed by atoms with Crippen LogP contribution in [-0.2, 0) is 0 Å². The van der Waals surface area contributed by atoms with Crippen molar-refractivity contribution < 1.29 is 0 Å². The fourth-order valence-corrected chi connectivity index (χ4v) is 2.37. The Balaban J connectivity index is 2.10. The van der Waals surface area contributed by atoms with Crippen LogP contribution in [-0.4, -0.2) is 48.1 Å². The number of anilines is 1. The first-order chi connectivity index (χ1) is 7.66. The fraction of sp³-hybridized carbons (Fsp3) is 0.636. The first kappa shape index (κ1) is 11.8. The summed E-state index contributed by atoms with van der Waals surface area (Å²) in [6.45, 7) is 2.14. The highest BCUT2D eigenvalue weighted by Crippen LogP contribution is 2.22. The van der Waals surface area contributed by atoms with Gasteiger partial charge in [0.1, 0.15) is 0 Å². The van der Waals surface area contributed by atoms with Crippen LogP contribution in [0, 0.1) is 0 Å². The molecule has 1 aliphatic heterocycles. The first-order valence-corrected chi connectivity index (χ1v) is 6.35. The quantitative estimate of drug-likeness (QED) is 0.847. The topological polar surface area (TPSA) is 32.3 Å². The maximum Gasteiger partial charge on any atom is 0.225 e. The molecule has 2 heterocycles. The van der Waals surface area contributed by atoms with Gasteiger partial charge in [-0.2, -0.15) is 0 Å².